The maximum Gasteiger partial charge on any atom is 0.0361 e. The van der Waals surface area contributed by atoms with E-state index in [4.69, 9.17) is 0 Å². The number of anilines is 1. The molecule has 148 valence electrons. The second-order valence-electron chi connectivity index (χ2n) is 6.99. The Labute approximate surface area is 177 Å². The predicted octanol–water partition coefficient (Wildman–Crippen LogP) is 4.84. The van der Waals surface area contributed by atoms with Crippen molar-refractivity contribution in [3.8, 4) is 11.8 Å². The fourth-order valence-electron chi connectivity index (χ4n) is 3.28. The highest BCUT2D eigenvalue weighted by Gasteiger charge is 2.22. The van der Waals surface area contributed by atoms with Crippen LogP contribution in [0.25, 0.3) is 0 Å². The minimum absolute atomic E-state index is 0.605. The van der Waals surface area contributed by atoms with Crippen molar-refractivity contribution in [1.82, 2.24) is 4.67 Å². The van der Waals surface area contributed by atoms with Crippen LogP contribution < -0.4 is 15.5 Å². The van der Waals surface area contributed by atoms with Crippen molar-refractivity contribution in [1.29, 1.82) is 0 Å². The quantitative estimate of drug-likeness (QED) is 0.431. The normalized spacial score (nSPS) is 11.6. The van der Waals surface area contributed by atoms with Crippen LogP contribution in [-0.2, 0) is 0 Å². The van der Waals surface area contributed by atoms with Gasteiger partial charge in [-0.1, -0.05) is 74.2 Å². The molecule has 0 amide bonds. The SMILES string of the molecule is CCN(CC)P(c1ccccc1)c1ccccc1C#Cc1ccc(N(C)C)cc1. The van der Waals surface area contributed by atoms with Gasteiger partial charge >= 0.3 is 0 Å². The van der Waals surface area contributed by atoms with E-state index in [1.807, 2.05) is 0 Å². The molecule has 3 aromatic carbocycles. The third-order valence-corrected chi connectivity index (χ3v) is 7.64. The molecule has 1 unspecified atom stereocenters. The van der Waals surface area contributed by atoms with Gasteiger partial charge in [0.15, 0.2) is 0 Å². The van der Waals surface area contributed by atoms with E-state index < -0.39 is 8.07 Å². The number of hydrogen-bond acceptors (Lipinski definition) is 2. The molecular weight excluding hydrogens is 371 g/mol. The second-order valence-corrected chi connectivity index (χ2v) is 9.18. The Bertz CT molecular complexity index is 965. The summed E-state index contributed by atoms with van der Waals surface area (Å²) in [6, 6.07) is 27.9. The number of nitrogens with zero attached hydrogens (tertiary/aromatic N) is 2. The van der Waals surface area contributed by atoms with Crippen molar-refractivity contribution in [3.63, 3.8) is 0 Å². The van der Waals surface area contributed by atoms with Crippen LogP contribution >= 0.6 is 8.07 Å². The topological polar surface area (TPSA) is 6.48 Å². The minimum atomic E-state index is -0.605. The van der Waals surface area contributed by atoms with Crippen LogP contribution in [0.4, 0.5) is 5.69 Å². The van der Waals surface area contributed by atoms with Gasteiger partial charge < -0.3 is 4.90 Å². The molecule has 0 bridgehead atoms. The van der Waals surface area contributed by atoms with Crippen LogP contribution in [0.5, 0.6) is 0 Å². The molecule has 3 rings (SSSR count). The Balaban J connectivity index is 2.01. The van der Waals surface area contributed by atoms with Gasteiger partial charge in [0.05, 0.1) is 0 Å². The lowest BCUT2D eigenvalue weighted by atomic mass is 10.1. The second kappa shape index (κ2) is 10.3. The van der Waals surface area contributed by atoms with Crippen LogP contribution in [-0.4, -0.2) is 31.9 Å². The van der Waals surface area contributed by atoms with Crippen molar-refractivity contribution >= 4 is 24.4 Å². The van der Waals surface area contributed by atoms with Crippen molar-refractivity contribution in [3.05, 3.63) is 90.0 Å². The van der Waals surface area contributed by atoms with E-state index in [9.17, 15) is 0 Å². The maximum absolute atomic E-state index is 3.46. The molecule has 0 aromatic heterocycles. The first-order valence-electron chi connectivity index (χ1n) is 10.1. The van der Waals surface area contributed by atoms with Crippen molar-refractivity contribution in [2.75, 3.05) is 32.1 Å². The van der Waals surface area contributed by atoms with E-state index in [1.165, 1.54) is 16.3 Å². The van der Waals surface area contributed by atoms with Gasteiger partial charge in [0, 0.05) is 44.3 Å². The smallest absolute Gasteiger partial charge is 0.0361 e. The predicted molar refractivity (Wildman–Crippen MR) is 129 cm³/mol. The van der Waals surface area contributed by atoms with Crippen molar-refractivity contribution in [2.45, 2.75) is 13.8 Å². The minimum Gasteiger partial charge on any atom is -0.378 e. The zero-order valence-corrected chi connectivity index (χ0v) is 18.7. The molecule has 3 heteroatoms. The van der Waals surface area contributed by atoms with E-state index in [-0.39, 0.29) is 0 Å². The fraction of sp³-hybridized carbons (Fsp3) is 0.231. The van der Waals surface area contributed by atoms with Gasteiger partial charge in [-0.3, -0.25) is 4.67 Å². The number of rotatable bonds is 6. The molecule has 0 aliphatic heterocycles. The van der Waals surface area contributed by atoms with Gasteiger partial charge in [-0.15, -0.1) is 0 Å². The van der Waals surface area contributed by atoms with E-state index in [0.29, 0.717) is 0 Å². The van der Waals surface area contributed by atoms with Crippen LogP contribution in [0.15, 0.2) is 78.9 Å². The summed E-state index contributed by atoms with van der Waals surface area (Å²) in [5.41, 5.74) is 3.34. The van der Waals surface area contributed by atoms with Gasteiger partial charge in [0.2, 0.25) is 0 Å². The number of hydrogen-bond donors (Lipinski definition) is 0. The zero-order valence-electron chi connectivity index (χ0n) is 17.8. The molecule has 0 saturated heterocycles. The van der Waals surface area contributed by atoms with Crippen molar-refractivity contribution in [2.24, 2.45) is 0 Å². The Kier molecular flexibility index (Phi) is 7.48. The van der Waals surface area contributed by atoms with Crippen LogP contribution in [0, 0.1) is 11.8 Å². The van der Waals surface area contributed by atoms with Gasteiger partial charge in [-0.05, 0) is 48.7 Å². The van der Waals surface area contributed by atoms with Gasteiger partial charge in [-0.25, -0.2) is 0 Å². The van der Waals surface area contributed by atoms with E-state index in [1.54, 1.807) is 0 Å². The first-order chi connectivity index (χ1) is 14.1. The van der Waals surface area contributed by atoms with Crippen LogP contribution in [0.1, 0.15) is 25.0 Å². The molecule has 29 heavy (non-hydrogen) atoms. The standard InChI is InChI=1S/C26H29N2P/c1-5-28(6-2)29(25-13-8-7-9-14-25)26-15-11-10-12-23(26)19-16-22-17-20-24(21-18-22)27(3)4/h7-15,17-18,20-21H,5-6H2,1-4H3. The highest BCUT2D eigenvalue weighted by molar-refractivity contribution is 7.70. The largest absolute Gasteiger partial charge is 0.378 e. The maximum atomic E-state index is 3.46. The molecule has 0 heterocycles. The first kappa shape index (κ1) is 21.1. The third kappa shape index (κ3) is 5.27. The third-order valence-electron chi connectivity index (χ3n) is 4.87. The van der Waals surface area contributed by atoms with Gasteiger partial charge in [0.25, 0.3) is 0 Å². The fourth-order valence-corrected chi connectivity index (χ4v) is 5.79. The molecule has 2 nitrogen and oxygen atoms in total. The average Bonchev–Trinajstić information content (AvgIpc) is 2.77. The highest BCUT2D eigenvalue weighted by atomic mass is 31.1. The summed E-state index contributed by atoms with van der Waals surface area (Å²) >= 11 is 0. The first-order valence-corrected chi connectivity index (χ1v) is 11.4. The lowest BCUT2D eigenvalue weighted by Crippen LogP contribution is -2.29. The van der Waals surface area contributed by atoms with E-state index in [2.05, 4.69) is 128 Å². The van der Waals surface area contributed by atoms with Crippen molar-refractivity contribution < 1.29 is 0 Å². The summed E-state index contributed by atoms with van der Waals surface area (Å²) in [4.78, 5) is 2.10. The van der Waals surface area contributed by atoms with E-state index >= 15 is 0 Å². The van der Waals surface area contributed by atoms with Gasteiger partial charge in [0.1, 0.15) is 0 Å². The molecule has 1 atom stereocenters. The molecule has 0 radical (unpaired) electrons. The summed E-state index contributed by atoms with van der Waals surface area (Å²) in [6.45, 7) is 6.51. The summed E-state index contributed by atoms with van der Waals surface area (Å²) < 4.78 is 2.55. The Morgan fingerprint density at radius 3 is 1.97 bits per heavy atom. The molecular formula is C26H29N2P. The lowest BCUT2D eigenvalue weighted by molar-refractivity contribution is 0.514. The zero-order chi connectivity index (χ0) is 20.6. The summed E-state index contributed by atoms with van der Waals surface area (Å²) in [5.74, 6) is 6.83. The van der Waals surface area contributed by atoms with Gasteiger partial charge in [-0.2, -0.15) is 0 Å². The highest BCUT2D eigenvalue weighted by Crippen LogP contribution is 2.38. The number of benzene rings is 3. The molecule has 0 fully saturated rings. The molecule has 0 spiro atoms. The molecule has 0 aliphatic carbocycles. The average molecular weight is 401 g/mol. The Morgan fingerprint density at radius 2 is 1.34 bits per heavy atom. The van der Waals surface area contributed by atoms with Crippen LogP contribution in [0.2, 0.25) is 0 Å². The molecule has 3 aromatic rings. The molecule has 0 N–H and O–H groups in total. The van der Waals surface area contributed by atoms with Crippen LogP contribution in [0.3, 0.4) is 0 Å². The summed E-state index contributed by atoms with van der Waals surface area (Å²) in [7, 11) is 3.50. The summed E-state index contributed by atoms with van der Waals surface area (Å²) in [5, 5.41) is 2.70. The Morgan fingerprint density at radius 1 is 0.724 bits per heavy atom. The Hall–Kier alpha value is -2.59. The van der Waals surface area contributed by atoms with E-state index in [0.717, 1.165) is 24.2 Å². The monoisotopic (exact) mass is 400 g/mol. The molecule has 0 aliphatic rings. The lowest BCUT2D eigenvalue weighted by Gasteiger charge is -2.31. The summed E-state index contributed by atoms with van der Waals surface area (Å²) in [6.07, 6.45) is 0. The molecule has 0 saturated carbocycles.